The summed E-state index contributed by atoms with van der Waals surface area (Å²) < 4.78 is 13.5. The molecular formula is C19H23FN3O2+. The maximum atomic E-state index is 13.5. The van der Waals surface area contributed by atoms with Crippen molar-refractivity contribution in [2.24, 2.45) is 0 Å². The Bertz CT molecular complexity index is 747. The molecule has 0 aliphatic heterocycles. The molecule has 2 aromatic carbocycles. The number of amides is 2. The van der Waals surface area contributed by atoms with Crippen molar-refractivity contribution in [3.05, 3.63) is 71.0 Å². The van der Waals surface area contributed by atoms with Gasteiger partial charge in [-0.3, -0.25) is 9.59 Å². The van der Waals surface area contributed by atoms with Gasteiger partial charge in [0.15, 0.2) is 0 Å². The van der Waals surface area contributed by atoms with Crippen LogP contribution in [0.4, 0.5) is 4.39 Å². The molecule has 0 aliphatic rings. The van der Waals surface area contributed by atoms with Crippen LogP contribution < -0.4 is 15.5 Å². The first-order valence-electron chi connectivity index (χ1n) is 8.12. The van der Waals surface area contributed by atoms with Crippen LogP contribution in [-0.2, 0) is 17.9 Å². The van der Waals surface area contributed by atoms with Crippen LogP contribution in [0, 0.1) is 5.82 Å². The first kappa shape index (κ1) is 18.6. The second kappa shape index (κ2) is 8.94. The van der Waals surface area contributed by atoms with Gasteiger partial charge in [-0.05, 0) is 17.7 Å². The normalized spacial score (nSPS) is 10.6. The van der Waals surface area contributed by atoms with Crippen molar-refractivity contribution in [1.29, 1.82) is 0 Å². The lowest BCUT2D eigenvalue weighted by Crippen LogP contribution is -3.04. The van der Waals surface area contributed by atoms with Gasteiger partial charge in [0.25, 0.3) is 5.91 Å². The van der Waals surface area contributed by atoms with Gasteiger partial charge in [-0.2, -0.15) is 0 Å². The van der Waals surface area contributed by atoms with Gasteiger partial charge in [0.1, 0.15) is 12.4 Å². The molecule has 0 unspecified atom stereocenters. The Balaban J connectivity index is 1.85. The maximum Gasteiger partial charge on any atom is 0.254 e. The summed E-state index contributed by atoms with van der Waals surface area (Å²) in [4.78, 5) is 25.1. The lowest BCUT2D eigenvalue weighted by Gasteiger charge is -2.13. The fourth-order valence-electron chi connectivity index (χ4n) is 2.44. The summed E-state index contributed by atoms with van der Waals surface area (Å²) in [5.41, 5.74) is 2.13. The van der Waals surface area contributed by atoms with Crippen molar-refractivity contribution in [3.8, 4) is 0 Å². The Hall–Kier alpha value is -2.73. The second-order valence-corrected chi connectivity index (χ2v) is 6.09. The Morgan fingerprint density at radius 3 is 2.28 bits per heavy atom. The van der Waals surface area contributed by atoms with Crippen LogP contribution >= 0.6 is 0 Å². The van der Waals surface area contributed by atoms with Gasteiger partial charge in [0.2, 0.25) is 5.91 Å². The van der Waals surface area contributed by atoms with E-state index in [9.17, 15) is 14.0 Å². The van der Waals surface area contributed by atoms with Gasteiger partial charge in [-0.1, -0.05) is 36.4 Å². The van der Waals surface area contributed by atoms with Crippen molar-refractivity contribution >= 4 is 11.8 Å². The number of benzene rings is 2. The first-order valence-corrected chi connectivity index (χ1v) is 8.12. The quantitative estimate of drug-likeness (QED) is 0.686. The van der Waals surface area contributed by atoms with Crippen LogP contribution in [0.2, 0.25) is 0 Å². The van der Waals surface area contributed by atoms with Crippen LogP contribution in [0.3, 0.4) is 0 Å². The van der Waals surface area contributed by atoms with Crippen LogP contribution in [0.25, 0.3) is 0 Å². The second-order valence-electron chi connectivity index (χ2n) is 6.09. The monoisotopic (exact) mass is 344 g/mol. The number of hydrogen-bond donors (Lipinski definition) is 3. The third-order valence-corrected chi connectivity index (χ3v) is 3.67. The summed E-state index contributed by atoms with van der Waals surface area (Å²) in [6.45, 7) is 1.04. The van der Waals surface area contributed by atoms with E-state index >= 15 is 0 Å². The van der Waals surface area contributed by atoms with Gasteiger partial charge < -0.3 is 15.5 Å². The fraction of sp³-hybridized carbons (Fsp3) is 0.263. The Morgan fingerprint density at radius 2 is 1.60 bits per heavy atom. The van der Waals surface area contributed by atoms with Crippen LogP contribution in [0.5, 0.6) is 0 Å². The minimum absolute atomic E-state index is 0.0744. The number of hydrogen-bond acceptors (Lipinski definition) is 2. The molecule has 3 N–H and O–H groups in total. The zero-order valence-electron chi connectivity index (χ0n) is 14.4. The molecule has 2 rings (SSSR count). The molecule has 0 atom stereocenters. The number of halogens is 1. The average molecular weight is 344 g/mol. The molecule has 0 aliphatic carbocycles. The molecule has 0 spiro atoms. The molecule has 0 fully saturated rings. The summed E-state index contributed by atoms with van der Waals surface area (Å²) in [7, 11) is 4.13. The molecule has 6 heteroatoms. The smallest absolute Gasteiger partial charge is 0.254 e. The van der Waals surface area contributed by atoms with Crippen molar-refractivity contribution in [3.63, 3.8) is 0 Å². The lowest BCUT2D eigenvalue weighted by atomic mass is 10.1. The minimum atomic E-state index is -0.611. The molecule has 0 aromatic heterocycles. The third kappa shape index (κ3) is 5.69. The summed E-state index contributed by atoms with van der Waals surface area (Å²) in [6, 6.07) is 13.6. The van der Waals surface area contributed by atoms with E-state index in [1.54, 1.807) is 6.07 Å². The van der Waals surface area contributed by atoms with E-state index in [2.05, 4.69) is 24.7 Å². The molecule has 5 nitrogen and oxygen atoms in total. The predicted molar refractivity (Wildman–Crippen MR) is 93.5 cm³/mol. The van der Waals surface area contributed by atoms with Gasteiger partial charge in [0.05, 0.1) is 26.2 Å². The molecule has 25 heavy (non-hydrogen) atoms. The zero-order valence-corrected chi connectivity index (χ0v) is 14.4. The van der Waals surface area contributed by atoms with Crippen LogP contribution in [-0.4, -0.2) is 32.5 Å². The third-order valence-electron chi connectivity index (χ3n) is 3.67. The highest BCUT2D eigenvalue weighted by atomic mass is 19.1. The van der Waals surface area contributed by atoms with Crippen LogP contribution in [0.1, 0.15) is 21.5 Å². The standard InChI is InChI=1S/C19H22FN3O2/c1-23(2)13-15-8-4-3-7-14(15)11-21-18(24)12-22-19(25)16-9-5-6-10-17(16)20/h3-10H,11-13H2,1-2H3,(H,21,24)(H,22,25)/p+1. The molecule has 0 heterocycles. The Labute approximate surface area is 146 Å². The SMILES string of the molecule is C[NH+](C)Cc1ccccc1CNC(=O)CNC(=O)c1ccccc1F. The van der Waals surface area contributed by atoms with Crippen molar-refractivity contribution in [2.75, 3.05) is 20.6 Å². The number of carbonyl (C=O) groups is 2. The molecule has 0 bridgehead atoms. The highest BCUT2D eigenvalue weighted by molar-refractivity contribution is 5.96. The summed E-state index contributed by atoms with van der Waals surface area (Å²) >= 11 is 0. The highest BCUT2D eigenvalue weighted by Crippen LogP contribution is 2.07. The van der Waals surface area contributed by atoms with Crippen molar-refractivity contribution in [1.82, 2.24) is 10.6 Å². The molecule has 0 radical (unpaired) electrons. The number of carbonyl (C=O) groups excluding carboxylic acids is 2. The molecule has 132 valence electrons. The Morgan fingerprint density at radius 1 is 0.960 bits per heavy atom. The fourth-order valence-corrected chi connectivity index (χ4v) is 2.44. The Kier molecular flexibility index (Phi) is 6.65. The number of quaternary nitrogens is 1. The summed E-state index contributed by atoms with van der Waals surface area (Å²) in [5.74, 6) is -1.54. The van der Waals surface area contributed by atoms with E-state index in [4.69, 9.17) is 0 Å². The van der Waals surface area contributed by atoms with Gasteiger partial charge in [-0.15, -0.1) is 0 Å². The zero-order chi connectivity index (χ0) is 18.2. The van der Waals surface area contributed by atoms with Crippen molar-refractivity contribution < 1.29 is 18.9 Å². The molecule has 2 aromatic rings. The molecule has 2 amide bonds. The van der Waals surface area contributed by atoms with E-state index in [-0.39, 0.29) is 18.0 Å². The van der Waals surface area contributed by atoms with E-state index in [0.717, 1.165) is 17.7 Å². The van der Waals surface area contributed by atoms with E-state index < -0.39 is 11.7 Å². The van der Waals surface area contributed by atoms with Crippen molar-refractivity contribution in [2.45, 2.75) is 13.1 Å². The van der Waals surface area contributed by atoms with Gasteiger partial charge in [0, 0.05) is 12.1 Å². The first-order chi connectivity index (χ1) is 12.0. The maximum absolute atomic E-state index is 13.5. The molecule has 0 saturated carbocycles. The topological polar surface area (TPSA) is 62.6 Å². The summed E-state index contributed by atoms with van der Waals surface area (Å²) in [5, 5.41) is 5.20. The van der Waals surface area contributed by atoms with Gasteiger partial charge in [-0.25, -0.2) is 4.39 Å². The number of rotatable bonds is 7. The van der Waals surface area contributed by atoms with E-state index in [1.807, 2.05) is 24.3 Å². The van der Waals surface area contributed by atoms with E-state index in [0.29, 0.717) is 6.54 Å². The highest BCUT2D eigenvalue weighted by Gasteiger charge is 2.12. The van der Waals surface area contributed by atoms with Gasteiger partial charge >= 0.3 is 0 Å². The molecule has 0 saturated heterocycles. The predicted octanol–water partition coefficient (Wildman–Crippen LogP) is 0.516. The lowest BCUT2D eigenvalue weighted by molar-refractivity contribution is -0.872. The largest absolute Gasteiger partial charge is 0.350 e. The summed E-state index contributed by atoms with van der Waals surface area (Å²) in [6.07, 6.45) is 0. The van der Waals surface area contributed by atoms with E-state index in [1.165, 1.54) is 23.1 Å². The average Bonchev–Trinajstić information content (AvgIpc) is 2.59. The minimum Gasteiger partial charge on any atom is -0.350 e. The van der Waals surface area contributed by atoms with Crippen LogP contribution in [0.15, 0.2) is 48.5 Å². The molecular weight excluding hydrogens is 321 g/mol. The number of nitrogens with one attached hydrogen (secondary N) is 3.